The number of fused-ring (bicyclic) bond motifs is 1. The number of nitrogens with zero attached hydrogens (tertiary/aromatic N) is 1. The SMILES string of the molecule is O=C(COC(=O)CSc1nc2ccccc2o1)NCCc1cccs1. The molecule has 130 valence electrons. The summed E-state index contributed by atoms with van der Waals surface area (Å²) in [7, 11) is 0. The van der Waals surface area contributed by atoms with Crippen LogP contribution in [0.1, 0.15) is 4.88 Å². The molecular weight excluding hydrogens is 360 g/mol. The Labute approximate surface area is 152 Å². The Morgan fingerprint density at radius 3 is 2.92 bits per heavy atom. The summed E-state index contributed by atoms with van der Waals surface area (Å²) in [5.74, 6) is -0.757. The number of hydrogen-bond acceptors (Lipinski definition) is 7. The molecule has 1 amide bonds. The van der Waals surface area contributed by atoms with Crippen molar-refractivity contribution in [1.82, 2.24) is 10.3 Å². The van der Waals surface area contributed by atoms with Crippen LogP contribution in [-0.2, 0) is 20.7 Å². The summed E-state index contributed by atoms with van der Waals surface area (Å²) in [4.78, 5) is 28.8. The maximum atomic E-state index is 11.7. The van der Waals surface area contributed by atoms with Crippen molar-refractivity contribution in [3.05, 3.63) is 46.7 Å². The first-order valence-electron chi connectivity index (χ1n) is 7.64. The lowest BCUT2D eigenvalue weighted by atomic mass is 10.3. The fraction of sp³-hybridized carbons (Fsp3) is 0.235. The smallest absolute Gasteiger partial charge is 0.316 e. The lowest BCUT2D eigenvalue weighted by molar-refractivity contribution is -0.145. The molecule has 0 aliphatic rings. The number of ether oxygens (including phenoxy) is 1. The van der Waals surface area contributed by atoms with Gasteiger partial charge in [0.1, 0.15) is 11.3 Å². The highest BCUT2D eigenvalue weighted by Crippen LogP contribution is 2.23. The van der Waals surface area contributed by atoms with E-state index in [-0.39, 0.29) is 18.3 Å². The van der Waals surface area contributed by atoms with Gasteiger partial charge in [-0.05, 0) is 30.0 Å². The number of para-hydroxylation sites is 2. The predicted molar refractivity (Wildman–Crippen MR) is 96.7 cm³/mol. The van der Waals surface area contributed by atoms with Gasteiger partial charge in [0, 0.05) is 11.4 Å². The summed E-state index contributed by atoms with van der Waals surface area (Å²) in [6, 6.07) is 11.4. The van der Waals surface area contributed by atoms with Gasteiger partial charge < -0.3 is 14.5 Å². The first-order valence-corrected chi connectivity index (χ1v) is 9.50. The standard InChI is InChI=1S/C17H16N2O4S2/c20-15(18-8-7-12-4-3-9-24-12)10-22-16(21)11-25-17-19-13-5-1-2-6-14(13)23-17/h1-6,9H,7-8,10-11H2,(H,18,20). The summed E-state index contributed by atoms with van der Waals surface area (Å²) >= 11 is 2.78. The number of amides is 1. The van der Waals surface area contributed by atoms with Crippen LogP contribution in [0.25, 0.3) is 11.1 Å². The van der Waals surface area contributed by atoms with Crippen molar-refractivity contribution >= 4 is 46.1 Å². The van der Waals surface area contributed by atoms with Gasteiger partial charge in [0.25, 0.3) is 11.1 Å². The third-order valence-electron chi connectivity index (χ3n) is 3.23. The Balaban J connectivity index is 1.34. The first-order chi connectivity index (χ1) is 12.2. The molecule has 0 unspecified atom stereocenters. The van der Waals surface area contributed by atoms with E-state index in [0.29, 0.717) is 17.4 Å². The third kappa shape index (κ3) is 5.33. The zero-order valence-electron chi connectivity index (χ0n) is 13.3. The van der Waals surface area contributed by atoms with E-state index in [0.717, 1.165) is 23.7 Å². The molecule has 0 aliphatic carbocycles. The normalized spacial score (nSPS) is 10.7. The average molecular weight is 376 g/mol. The van der Waals surface area contributed by atoms with E-state index in [4.69, 9.17) is 9.15 Å². The Morgan fingerprint density at radius 2 is 2.12 bits per heavy atom. The molecule has 1 aromatic carbocycles. The molecule has 0 spiro atoms. The molecule has 0 atom stereocenters. The highest BCUT2D eigenvalue weighted by Gasteiger charge is 2.11. The fourth-order valence-electron chi connectivity index (χ4n) is 2.05. The molecular formula is C17H16N2O4S2. The fourth-order valence-corrected chi connectivity index (χ4v) is 3.40. The van der Waals surface area contributed by atoms with E-state index in [1.54, 1.807) is 11.3 Å². The minimum atomic E-state index is -0.485. The Kier molecular flexibility index (Phi) is 6.08. The van der Waals surface area contributed by atoms with Crippen LogP contribution in [0.4, 0.5) is 0 Å². The van der Waals surface area contributed by atoms with E-state index in [1.165, 1.54) is 4.88 Å². The number of carbonyl (C=O) groups is 2. The minimum Gasteiger partial charge on any atom is -0.455 e. The van der Waals surface area contributed by atoms with Crippen molar-refractivity contribution in [3.8, 4) is 0 Å². The van der Waals surface area contributed by atoms with E-state index >= 15 is 0 Å². The molecule has 0 saturated heterocycles. The number of rotatable bonds is 8. The maximum absolute atomic E-state index is 11.7. The summed E-state index contributed by atoms with van der Waals surface area (Å²) in [5, 5.41) is 5.12. The first kappa shape index (κ1) is 17.5. The van der Waals surface area contributed by atoms with Crippen LogP contribution in [0, 0.1) is 0 Å². The molecule has 2 heterocycles. The summed E-state index contributed by atoms with van der Waals surface area (Å²) in [5.41, 5.74) is 1.41. The van der Waals surface area contributed by atoms with E-state index in [1.807, 2.05) is 41.8 Å². The van der Waals surface area contributed by atoms with Crippen LogP contribution in [-0.4, -0.2) is 35.8 Å². The molecule has 0 saturated carbocycles. The Morgan fingerprint density at radius 1 is 1.24 bits per heavy atom. The molecule has 25 heavy (non-hydrogen) atoms. The highest BCUT2D eigenvalue weighted by molar-refractivity contribution is 7.99. The van der Waals surface area contributed by atoms with Crippen LogP contribution in [0.5, 0.6) is 0 Å². The second-order valence-electron chi connectivity index (χ2n) is 5.08. The molecule has 2 aromatic heterocycles. The molecule has 0 aliphatic heterocycles. The molecule has 0 bridgehead atoms. The quantitative estimate of drug-likeness (QED) is 0.481. The summed E-state index contributed by atoms with van der Waals surface area (Å²) in [6.07, 6.45) is 0.769. The van der Waals surface area contributed by atoms with Crippen molar-refractivity contribution in [2.24, 2.45) is 0 Å². The number of thiophene rings is 1. The predicted octanol–water partition coefficient (Wildman–Crippen LogP) is 2.88. The van der Waals surface area contributed by atoms with Crippen molar-refractivity contribution in [2.75, 3.05) is 18.9 Å². The number of esters is 1. The second kappa shape index (κ2) is 8.68. The number of thioether (sulfide) groups is 1. The minimum absolute atomic E-state index is 0.0370. The van der Waals surface area contributed by atoms with Crippen molar-refractivity contribution in [1.29, 1.82) is 0 Å². The largest absolute Gasteiger partial charge is 0.455 e. The topological polar surface area (TPSA) is 81.4 Å². The Hall–Kier alpha value is -2.32. The van der Waals surface area contributed by atoms with Crippen LogP contribution in [0.3, 0.4) is 0 Å². The van der Waals surface area contributed by atoms with Gasteiger partial charge in [0.2, 0.25) is 0 Å². The van der Waals surface area contributed by atoms with Crippen LogP contribution in [0.2, 0.25) is 0 Å². The molecule has 6 nitrogen and oxygen atoms in total. The van der Waals surface area contributed by atoms with Gasteiger partial charge in [-0.1, -0.05) is 30.0 Å². The van der Waals surface area contributed by atoms with E-state index < -0.39 is 5.97 Å². The number of hydrogen-bond donors (Lipinski definition) is 1. The van der Waals surface area contributed by atoms with Gasteiger partial charge in [-0.15, -0.1) is 11.3 Å². The third-order valence-corrected chi connectivity index (χ3v) is 4.96. The summed E-state index contributed by atoms with van der Waals surface area (Å²) < 4.78 is 10.4. The monoisotopic (exact) mass is 376 g/mol. The van der Waals surface area contributed by atoms with E-state index in [2.05, 4.69) is 10.3 Å². The lowest BCUT2D eigenvalue weighted by Crippen LogP contribution is -2.30. The molecule has 0 fully saturated rings. The zero-order valence-corrected chi connectivity index (χ0v) is 14.9. The summed E-state index contributed by atoms with van der Waals surface area (Å²) in [6.45, 7) is 0.242. The number of oxazole rings is 1. The van der Waals surface area contributed by atoms with Gasteiger partial charge in [0.15, 0.2) is 12.2 Å². The molecule has 0 radical (unpaired) electrons. The van der Waals surface area contributed by atoms with Crippen LogP contribution < -0.4 is 5.32 Å². The maximum Gasteiger partial charge on any atom is 0.316 e. The average Bonchev–Trinajstić information content (AvgIpc) is 3.27. The van der Waals surface area contributed by atoms with Gasteiger partial charge in [-0.25, -0.2) is 4.98 Å². The zero-order chi connectivity index (χ0) is 17.5. The van der Waals surface area contributed by atoms with E-state index in [9.17, 15) is 9.59 Å². The van der Waals surface area contributed by atoms with Crippen molar-refractivity contribution < 1.29 is 18.7 Å². The van der Waals surface area contributed by atoms with Crippen molar-refractivity contribution in [3.63, 3.8) is 0 Å². The van der Waals surface area contributed by atoms with Crippen molar-refractivity contribution in [2.45, 2.75) is 11.6 Å². The second-order valence-corrected chi connectivity index (χ2v) is 7.04. The van der Waals surface area contributed by atoms with Gasteiger partial charge >= 0.3 is 5.97 Å². The number of aromatic nitrogens is 1. The van der Waals surface area contributed by atoms with Gasteiger partial charge in [-0.3, -0.25) is 9.59 Å². The number of benzene rings is 1. The van der Waals surface area contributed by atoms with Crippen LogP contribution in [0.15, 0.2) is 51.4 Å². The molecule has 3 aromatic rings. The lowest BCUT2D eigenvalue weighted by Gasteiger charge is -2.05. The number of carbonyl (C=O) groups excluding carboxylic acids is 2. The van der Waals surface area contributed by atoms with Gasteiger partial charge in [0.05, 0.1) is 0 Å². The van der Waals surface area contributed by atoms with Gasteiger partial charge in [-0.2, -0.15) is 0 Å². The van der Waals surface area contributed by atoms with Crippen LogP contribution >= 0.6 is 23.1 Å². The Bertz CT molecular complexity index is 812. The number of nitrogens with one attached hydrogen (secondary N) is 1. The molecule has 1 N–H and O–H groups in total. The molecule has 3 rings (SSSR count). The molecule has 8 heteroatoms. The highest BCUT2D eigenvalue weighted by atomic mass is 32.2.